The molecule has 3 amide bonds. The number of imide groups is 1. The highest BCUT2D eigenvalue weighted by atomic mass is 16.5. The van der Waals surface area contributed by atoms with Gasteiger partial charge in [0.2, 0.25) is 0 Å². The molecule has 34 heavy (non-hydrogen) atoms. The number of rotatable bonds is 6. The van der Waals surface area contributed by atoms with Crippen molar-refractivity contribution in [1.82, 2.24) is 14.8 Å². The zero-order valence-electron chi connectivity index (χ0n) is 19.6. The Morgan fingerprint density at radius 2 is 1.82 bits per heavy atom. The number of aromatic nitrogens is 1. The summed E-state index contributed by atoms with van der Waals surface area (Å²) >= 11 is 0. The molecular formula is C27H27N3O4. The van der Waals surface area contributed by atoms with E-state index in [0.29, 0.717) is 25.0 Å². The highest BCUT2D eigenvalue weighted by molar-refractivity contribution is 6.12. The monoisotopic (exact) mass is 457 g/mol. The number of nitrogens with one attached hydrogen (secondary N) is 1. The number of Topliss-reactive ketones (excluding diaryl/α,β-unsaturated/α-hetero) is 1. The molecule has 2 aromatic carbocycles. The first-order valence-electron chi connectivity index (χ1n) is 11.5. The number of ether oxygens (including phenoxy) is 1. The maximum atomic E-state index is 13.4. The quantitative estimate of drug-likeness (QED) is 0.447. The maximum Gasteiger partial charge on any atom is 0.325 e. The van der Waals surface area contributed by atoms with Crippen molar-refractivity contribution in [3.05, 3.63) is 82.7 Å². The predicted molar refractivity (Wildman–Crippen MR) is 127 cm³/mol. The lowest BCUT2D eigenvalue weighted by molar-refractivity contribution is -0.131. The van der Waals surface area contributed by atoms with Crippen LogP contribution in [0.1, 0.15) is 46.2 Å². The lowest BCUT2D eigenvalue weighted by Gasteiger charge is -2.22. The second kappa shape index (κ2) is 8.17. The number of amides is 3. The average molecular weight is 458 g/mol. The van der Waals surface area contributed by atoms with Crippen molar-refractivity contribution in [1.29, 1.82) is 0 Å². The van der Waals surface area contributed by atoms with Crippen molar-refractivity contribution in [2.45, 2.75) is 39.2 Å². The van der Waals surface area contributed by atoms with Crippen LogP contribution < -0.4 is 10.1 Å². The van der Waals surface area contributed by atoms with Gasteiger partial charge in [-0.25, -0.2) is 4.79 Å². The number of hydrogen-bond donors (Lipinski definition) is 1. The molecule has 7 heteroatoms. The molecule has 1 N–H and O–H groups in total. The summed E-state index contributed by atoms with van der Waals surface area (Å²) in [4.78, 5) is 40.6. The van der Waals surface area contributed by atoms with Gasteiger partial charge >= 0.3 is 6.03 Å². The van der Waals surface area contributed by atoms with E-state index in [4.69, 9.17) is 4.74 Å². The minimum absolute atomic E-state index is 0.267. The van der Waals surface area contributed by atoms with Crippen LogP contribution in [0.5, 0.6) is 5.75 Å². The zero-order chi connectivity index (χ0) is 24.0. The highest BCUT2D eigenvalue weighted by Crippen LogP contribution is 2.41. The minimum atomic E-state index is -1.06. The second-order valence-electron chi connectivity index (χ2n) is 8.85. The van der Waals surface area contributed by atoms with Crippen LogP contribution in [0.15, 0.2) is 54.6 Å². The largest absolute Gasteiger partial charge is 0.494 e. The van der Waals surface area contributed by atoms with Gasteiger partial charge in [0.15, 0.2) is 5.78 Å². The Morgan fingerprint density at radius 3 is 2.56 bits per heavy atom. The predicted octanol–water partition coefficient (Wildman–Crippen LogP) is 4.07. The summed E-state index contributed by atoms with van der Waals surface area (Å²) in [7, 11) is 0. The van der Waals surface area contributed by atoms with E-state index in [1.165, 1.54) is 0 Å². The van der Waals surface area contributed by atoms with Crippen LogP contribution in [0, 0.1) is 13.8 Å². The van der Waals surface area contributed by atoms with Crippen molar-refractivity contribution in [3.8, 4) is 11.4 Å². The molecule has 1 atom stereocenters. The first-order valence-corrected chi connectivity index (χ1v) is 11.5. The zero-order valence-corrected chi connectivity index (χ0v) is 19.6. The maximum absolute atomic E-state index is 13.4. The fourth-order valence-electron chi connectivity index (χ4n) is 5.26. The van der Waals surface area contributed by atoms with Gasteiger partial charge in [-0.3, -0.25) is 14.5 Å². The van der Waals surface area contributed by atoms with Crippen LogP contribution in [0.3, 0.4) is 0 Å². The van der Waals surface area contributed by atoms with Crippen molar-refractivity contribution in [2.75, 3.05) is 13.2 Å². The van der Waals surface area contributed by atoms with Crippen molar-refractivity contribution in [3.63, 3.8) is 0 Å². The van der Waals surface area contributed by atoms with Crippen molar-refractivity contribution < 1.29 is 19.1 Å². The fraction of sp³-hybridized carbons (Fsp3) is 0.296. The number of urea groups is 1. The Morgan fingerprint density at radius 1 is 1.09 bits per heavy atom. The molecule has 0 radical (unpaired) electrons. The normalized spacial score (nSPS) is 19.0. The molecule has 5 rings (SSSR count). The number of carbonyl (C=O) groups excluding carboxylic acids is 3. The molecule has 7 nitrogen and oxygen atoms in total. The number of carbonyl (C=O) groups is 3. The summed E-state index contributed by atoms with van der Waals surface area (Å²) in [5, 5.41) is 2.88. The van der Waals surface area contributed by atoms with Gasteiger partial charge in [0.25, 0.3) is 5.91 Å². The van der Waals surface area contributed by atoms with E-state index in [1.54, 1.807) is 0 Å². The van der Waals surface area contributed by atoms with Gasteiger partial charge in [-0.2, -0.15) is 0 Å². The van der Waals surface area contributed by atoms with Gasteiger partial charge in [-0.15, -0.1) is 0 Å². The van der Waals surface area contributed by atoms with Crippen LogP contribution in [-0.4, -0.2) is 40.3 Å². The molecule has 1 aliphatic carbocycles. The molecule has 1 aromatic heterocycles. The van der Waals surface area contributed by atoms with E-state index in [1.807, 2.05) is 79.9 Å². The van der Waals surface area contributed by atoms with E-state index < -0.39 is 11.6 Å². The summed E-state index contributed by atoms with van der Waals surface area (Å²) in [5.74, 6) is 0.166. The molecule has 0 unspecified atom stereocenters. The van der Waals surface area contributed by atoms with Gasteiger partial charge in [0, 0.05) is 22.6 Å². The number of hydrogen-bond acceptors (Lipinski definition) is 4. The third kappa shape index (κ3) is 3.31. The molecule has 2 aliphatic rings. The molecular weight excluding hydrogens is 430 g/mol. The topological polar surface area (TPSA) is 80.6 Å². The summed E-state index contributed by atoms with van der Waals surface area (Å²) in [6.07, 6.45) is 1.22. The van der Waals surface area contributed by atoms with Crippen LogP contribution in [0.25, 0.3) is 5.69 Å². The van der Waals surface area contributed by atoms with Gasteiger partial charge < -0.3 is 14.6 Å². The molecule has 0 saturated carbocycles. The first kappa shape index (κ1) is 21.9. The van der Waals surface area contributed by atoms with E-state index in [0.717, 1.165) is 38.9 Å². The smallest absolute Gasteiger partial charge is 0.325 e. The molecule has 3 aromatic rings. The fourth-order valence-corrected chi connectivity index (χ4v) is 5.26. The average Bonchev–Trinajstić information content (AvgIpc) is 3.43. The van der Waals surface area contributed by atoms with E-state index in [-0.39, 0.29) is 18.2 Å². The molecule has 1 spiro atoms. The Balaban J connectivity index is 1.40. The van der Waals surface area contributed by atoms with E-state index >= 15 is 0 Å². The summed E-state index contributed by atoms with van der Waals surface area (Å²) in [5.41, 5.74) is 3.89. The van der Waals surface area contributed by atoms with Crippen LogP contribution >= 0.6 is 0 Å². The van der Waals surface area contributed by atoms with E-state index in [9.17, 15) is 14.4 Å². The number of benzene rings is 2. The third-order valence-electron chi connectivity index (χ3n) is 6.86. The van der Waals surface area contributed by atoms with Crippen molar-refractivity contribution >= 4 is 17.7 Å². The number of aryl methyl sites for hydroxylation is 2. The minimum Gasteiger partial charge on any atom is -0.494 e. The molecule has 174 valence electrons. The van der Waals surface area contributed by atoms with Crippen LogP contribution in [0.4, 0.5) is 4.79 Å². The second-order valence-corrected chi connectivity index (χ2v) is 8.85. The highest BCUT2D eigenvalue weighted by Gasteiger charge is 2.55. The Labute approximate surface area is 198 Å². The third-order valence-corrected chi connectivity index (χ3v) is 6.86. The molecule has 1 aliphatic heterocycles. The first-order chi connectivity index (χ1) is 16.4. The van der Waals surface area contributed by atoms with E-state index in [2.05, 4.69) is 5.32 Å². The standard InChI is InChI=1S/C27H27N3O4/c1-4-34-21-11-9-20(10-12-21)30-17(2)15-22(18(30)3)24(31)16-29-25(32)27(28-26(29)33)14-13-19-7-5-6-8-23(19)27/h5-12,15H,4,13-14,16H2,1-3H3,(H,28,33)/t27-/m1/s1. The summed E-state index contributed by atoms with van der Waals surface area (Å²) in [6, 6.07) is 16.6. The molecule has 2 heterocycles. The lowest BCUT2D eigenvalue weighted by atomic mass is 9.92. The summed E-state index contributed by atoms with van der Waals surface area (Å²) in [6.45, 7) is 6.04. The lowest BCUT2D eigenvalue weighted by Crippen LogP contribution is -2.42. The van der Waals surface area contributed by atoms with Gasteiger partial charge in [0.1, 0.15) is 11.3 Å². The Bertz CT molecular complexity index is 1310. The number of ketones is 1. The van der Waals surface area contributed by atoms with Gasteiger partial charge in [0.05, 0.1) is 13.2 Å². The number of fused-ring (bicyclic) bond motifs is 2. The van der Waals surface area contributed by atoms with Crippen LogP contribution in [0.2, 0.25) is 0 Å². The SMILES string of the molecule is CCOc1ccc(-n2c(C)cc(C(=O)CN3C(=O)N[C@@]4(CCc5ccccc54)C3=O)c2C)cc1. The summed E-state index contributed by atoms with van der Waals surface area (Å²) < 4.78 is 7.51. The van der Waals surface area contributed by atoms with Gasteiger partial charge in [-0.1, -0.05) is 24.3 Å². The number of nitrogens with zero attached hydrogens (tertiary/aromatic N) is 2. The van der Waals surface area contributed by atoms with Gasteiger partial charge in [-0.05, 0) is 75.1 Å². The Kier molecular flexibility index (Phi) is 5.27. The van der Waals surface area contributed by atoms with Crippen molar-refractivity contribution in [2.24, 2.45) is 0 Å². The Hall–Kier alpha value is -3.87. The molecule has 1 saturated heterocycles. The molecule has 1 fully saturated rings. The molecule has 0 bridgehead atoms. The van der Waals surface area contributed by atoms with Crippen LogP contribution in [-0.2, 0) is 16.8 Å².